The predicted molar refractivity (Wildman–Crippen MR) is 107 cm³/mol. The molecule has 0 aliphatic heterocycles. The van der Waals surface area contributed by atoms with Gasteiger partial charge in [-0.2, -0.15) is 0 Å². The molecule has 0 fully saturated rings. The van der Waals surface area contributed by atoms with E-state index in [2.05, 4.69) is 23.5 Å². The molecule has 3 aromatic rings. The summed E-state index contributed by atoms with van der Waals surface area (Å²) >= 11 is 6.16. The molecule has 0 saturated heterocycles. The smallest absolute Gasteiger partial charge is 0.0726 e. The zero-order valence-corrected chi connectivity index (χ0v) is 15.3. The largest absolute Gasteiger partial charge is 0.396 e. The van der Waals surface area contributed by atoms with Gasteiger partial charge in [-0.05, 0) is 67.1 Å². The Balaban J connectivity index is 1.72. The summed E-state index contributed by atoms with van der Waals surface area (Å²) in [6.07, 6.45) is 3.87. The molecule has 4 heteroatoms. The maximum absolute atomic E-state index is 9.17. The number of rotatable bonds is 5. The number of halogens is 1. The minimum Gasteiger partial charge on any atom is -0.396 e. The van der Waals surface area contributed by atoms with Crippen LogP contribution in [0, 0.1) is 0 Å². The summed E-state index contributed by atoms with van der Waals surface area (Å²) in [7, 11) is 0. The van der Waals surface area contributed by atoms with Crippen molar-refractivity contribution in [1.29, 1.82) is 0 Å². The number of hydrogen-bond donors (Lipinski definition) is 2. The van der Waals surface area contributed by atoms with Crippen LogP contribution in [0.15, 0.2) is 54.6 Å². The molecule has 132 valence electrons. The average molecular weight is 365 g/mol. The number of nitrogens with zero attached hydrogens (tertiary/aromatic N) is 1. The van der Waals surface area contributed by atoms with Crippen LogP contribution in [0.5, 0.6) is 0 Å². The highest BCUT2D eigenvalue weighted by atomic mass is 35.5. The second-order valence-corrected chi connectivity index (χ2v) is 7.08. The highest BCUT2D eigenvalue weighted by molar-refractivity contribution is 6.30. The zero-order valence-electron chi connectivity index (χ0n) is 14.5. The van der Waals surface area contributed by atoms with Crippen molar-refractivity contribution in [2.75, 3.05) is 11.9 Å². The van der Waals surface area contributed by atoms with E-state index in [9.17, 15) is 5.11 Å². The number of fused-ring (bicyclic) bond motifs is 1. The second kappa shape index (κ2) is 7.48. The van der Waals surface area contributed by atoms with Crippen molar-refractivity contribution < 1.29 is 5.11 Å². The summed E-state index contributed by atoms with van der Waals surface area (Å²) in [6, 6.07) is 18.2. The number of aliphatic hydroxyl groups is 1. The van der Waals surface area contributed by atoms with E-state index in [-0.39, 0.29) is 6.61 Å². The van der Waals surface area contributed by atoms with Gasteiger partial charge in [0.25, 0.3) is 0 Å². The molecule has 0 unspecified atom stereocenters. The average Bonchev–Trinajstić information content (AvgIpc) is 3.11. The van der Waals surface area contributed by atoms with Gasteiger partial charge in [0.15, 0.2) is 0 Å². The van der Waals surface area contributed by atoms with Crippen molar-refractivity contribution in [2.45, 2.75) is 25.7 Å². The molecule has 0 radical (unpaired) electrons. The fourth-order valence-corrected chi connectivity index (χ4v) is 3.73. The van der Waals surface area contributed by atoms with Crippen molar-refractivity contribution in [3.63, 3.8) is 0 Å². The summed E-state index contributed by atoms with van der Waals surface area (Å²) in [5, 5.41) is 13.5. The standard InChI is InChI=1S/C22H21ClN2O/c23-17-6-2-5-16(13-17)21-14-22(19-8-3-9-20(19)25-21)24-18-7-1-4-15(12-18)10-11-26/h1-2,4-7,12-14,26H,3,8-11H2,(H,24,25). The molecule has 4 rings (SSSR count). The fraction of sp³-hybridized carbons (Fsp3) is 0.227. The van der Waals surface area contributed by atoms with Crippen LogP contribution in [0.2, 0.25) is 5.02 Å². The van der Waals surface area contributed by atoms with Crippen LogP contribution in [-0.4, -0.2) is 16.7 Å². The first-order valence-corrected chi connectivity index (χ1v) is 9.36. The van der Waals surface area contributed by atoms with Gasteiger partial charge >= 0.3 is 0 Å². The molecule has 0 bridgehead atoms. The predicted octanol–water partition coefficient (Wildman–Crippen LogP) is 5.17. The normalized spacial score (nSPS) is 12.8. The van der Waals surface area contributed by atoms with Crippen molar-refractivity contribution in [3.8, 4) is 11.3 Å². The monoisotopic (exact) mass is 364 g/mol. The number of benzene rings is 2. The van der Waals surface area contributed by atoms with Crippen LogP contribution in [0.4, 0.5) is 11.4 Å². The van der Waals surface area contributed by atoms with Crippen LogP contribution in [0.25, 0.3) is 11.3 Å². The molecule has 0 amide bonds. The number of nitrogens with one attached hydrogen (secondary N) is 1. The molecular weight excluding hydrogens is 344 g/mol. The van der Waals surface area contributed by atoms with Crippen molar-refractivity contribution in [1.82, 2.24) is 4.98 Å². The van der Waals surface area contributed by atoms with Gasteiger partial charge in [0.2, 0.25) is 0 Å². The van der Waals surface area contributed by atoms with Gasteiger partial charge in [0.1, 0.15) is 0 Å². The van der Waals surface area contributed by atoms with Crippen LogP contribution >= 0.6 is 11.6 Å². The number of aliphatic hydroxyl groups excluding tert-OH is 1. The molecule has 2 aromatic carbocycles. The topological polar surface area (TPSA) is 45.1 Å². The summed E-state index contributed by atoms with van der Waals surface area (Å²) in [5.41, 5.74) is 7.74. The third-order valence-electron chi connectivity index (χ3n) is 4.78. The Hall–Kier alpha value is -2.36. The third kappa shape index (κ3) is 3.59. The molecule has 0 atom stereocenters. The van der Waals surface area contributed by atoms with E-state index in [4.69, 9.17) is 16.6 Å². The Labute approximate surface area is 158 Å². The van der Waals surface area contributed by atoms with Crippen LogP contribution in [0.1, 0.15) is 23.2 Å². The molecule has 3 nitrogen and oxygen atoms in total. The van der Waals surface area contributed by atoms with E-state index in [0.717, 1.165) is 52.5 Å². The lowest BCUT2D eigenvalue weighted by Gasteiger charge is -2.14. The quantitative estimate of drug-likeness (QED) is 0.656. The molecule has 0 spiro atoms. The van der Waals surface area contributed by atoms with E-state index in [1.54, 1.807) is 0 Å². The van der Waals surface area contributed by atoms with Crippen LogP contribution in [-0.2, 0) is 19.3 Å². The number of anilines is 2. The van der Waals surface area contributed by atoms with Crippen molar-refractivity contribution in [3.05, 3.63) is 76.4 Å². The lowest BCUT2D eigenvalue weighted by atomic mass is 10.1. The van der Waals surface area contributed by atoms with E-state index in [1.807, 2.05) is 36.4 Å². The lowest BCUT2D eigenvalue weighted by molar-refractivity contribution is 0.299. The summed E-state index contributed by atoms with van der Waals surface area (Å²) in [5.74, 6) is 0. The Kier molecular flexibility index (Phi) is 4.91. The summed E-state index contributed by atoms with van der Waals surface area (Å²) in [4.78, 5) is 4.88. The van der Waals surface area contributed by atoms with E-state index in [0.29, 0.717) is 6.42 Å². The SMILES string of the molecule is OCCc1cccc(Nc2cc(-c3cccc(Cl)c3)nc3c2CCC3)c1. The Morgan fingerprint density at radius 3 is 2.77 bits per heavy atom. The summed E-state index contributed by atoms with van der Waals surface area (Å²) in [6.45, 7) is 0.160. The molecule has 1 heterocycles. The van der Waals surface area contributed by atoms with Crippen molar-refractivity contribution >= 4 is 23.0 Å². The highest BCUT2D eigenvalue weighted by Gasteiger charge is 2.19. The first-order chi connectivity index (χ1) is 12.7. The van der Waals surface area contributed by atoms with Gasteiger partial charge in [0.05, 0.1) is 5.69 Å². The number of aromatic nitrogens is 1. The Morgan fingerprint density at radius 1 is 1.04 bits per heavy atom. The third-order valence-corrected chi connectivity index (χ3v) is 5.01. The van der Waals surface area contributed by atoms with Gasteiger partial charge in [-0.1, -0.05) is 35.9 Å². The maximum atomic E-state index is 9.17. The second-order valence-electron chi connectivity index (χ2n) is 6.64. The number of pyridine rings is 1. The molecule has 26 heavy (non-hydrogen) atoms. The fourth-order valence-electron chi connectivity index (χ4n) is 3.54. The van der Waals surface area contributed by atoms with E-state index >= 15 is 0 Å². The summed E-state index contributed by atoms with van der Waals surface area (Å²) < 4.78 is 0. The van der Waals surface area contributed by atoms with Crippen LogP contribution in [0.3, 0.4) is 0 Å². The van der Waals surface area contributed by atoms with Gasteiger partial charge in [-0.25, -0.2) is 0 Å². The van der Waals surface area contributed by atoms with Crippen LogP contribution < -0.4 is 5.32 Å². The van der Waals surface area contributed by atoms with Gasteiger partial charge in [0, 0.05) is 34.3 Å². The number of hydrogen-bond acceptors (Lipinski definition) is 3. The highest BCUT2D eigenvalue weighted by Crippen LogP contribution is 2.34. The van der Waals surface area contributed by atoms with E-state index < -0.39 is 0 Å². The van der Waals surface area contributed by atoms with Gasteiger partial charge < -0.3 is 10.4 Å². The minimum absolute atomic E-state index is 0.160. The molecular formula is C22H21ClN2O. The molecule has 1 aromatic heterocycles. The molecule has 0 saturated carbocycles. The molecule has 1 aliphatic carbocycles. The van der Waals surface area contributed by atoms with Gasteiger partial charge in [-0.15, -0.1) is 0 Å². The van der Waals surface area contributed by atoms with E-state index in [1.165, 1.54) is 11.3 Å². The first kappa shape index (κ1) is 17.1. The maximum Gasteiger partial charge on any atom is 0.0726 e. The Morgan fingerprint density at radius 2 is 1.92 bits per heavy atom. The van der Waals surface area contributed by atoms with Gasteiger partial charge in [-0.3, -0.25) is 4.98 Å². The lowest BCUT2D eigenvalue weighted by Crippen LogP contribution is -2.00. The molecule has 2 N–H and O–H groups in total. The molecule has 1 aliphatic rings. The van der Waals surface area contributed by atoms with Crippen molar-refractivity contribution in [2.24, 2.45) is 0 Å². The number of aryl methyl sites for hydroxylation is 1. The first-order valence-electron chi connectivity index (χ1n) is 8.98. The minimum atomic E-state index is 0.160. The zero-order chi connectivity index (χ0) is 17.9. The Bertz CT molecular complexity index is 939.